The smallest absolute Gasteiger partial charge is 0.207 e. The Labute approximate surface area is 106 Å². The lowest BCUT2D eigenvalue weighted by Crippen LogP contribution is -2.24. The SMILES string of the molecule is O=S(=O)(NCc1nn[nH]n1)c1cc(F)ccc1Cl. The minimum absolute atomic E-state index is 0.0722. The number of halogens is 2. The fourth-order valence-corrected chi connectivity index (χ4v) is 2.67. The van der Waals surface area contributed by atoms with Crippen molar-refractivity contribution in [2.75, 3.05) is 0 Å². The molecule has 10 heteroatoms. The Kier molecular flexibility index (Phi) is 3.55. The van der Waals surface area contributed by atoms with E-state index in [1.165, 1.54) is 6.07 Å². The van der Waals surface area contributed by atoms with Crippen molar-refractivity contribution in [3.05, 3.63) is 34.9 Å². The molecule has 0 unspecified atom stereocenters. The molecule has 2 aromatic rings. The predicted octanol–water partition coefficient (Wildman–Crippen LogP) is 0.471. The lowest BCUT2D eigenvalue weighted by molar-refractivity contribution is 0.575. The van der Waals surface area contributed by atoms with Gasteiger partial charge in [0.15, 0.2) is 5.82 Å². The van der Waals surface area contributed by atoms with E-state index in [4.69, 9.17) is 11.6 Å². The summed E-state index contributed by atoms with van der Waals surface area (Å²) in [5.74, 6) is -0.537. The molecule has 96 valence electrons. The standard InChI is InChI=1S/C8H7ClFN5O2S/c9-6-2-1-5(10)3-7(6)18(16,17)11-4-8-12-14-15-13-8/h1-3,11H,4H2,(H,12,13,14,15). The third-order valence-corrected chi connectivity index (χ3v) is 3.88. The van der Waals surface area contributed by atoms with Gasteiger partial charge in [0.25, 0.3) is 0 Å². The van der Waals surface area contributed by atoms with Crippen molar-refractivity contribution in [1.82, 2.24) is 25.3 Å². The highest BCUT2D eigenvalue weighted by Gasteiger charge is 2.19. The fraction of sp³-hybridized carbons (Fsp3) is 0.125. The van der Waals surface area contributed by atoms with Crippen LogP contribution in [0.5, 0.6) is 0 Å². The Bertz CT molecular complexity index is 646. The van der Waals surface area contributed by atoms with Gasteiger partial charge in [-0.15, -0.1) is 10.2 Å². The van der Waals surface area contributed by atoms with Crippen LogP contribution in [-0.4, -0.2) is 29.0 Å². The van der Waals surface area contributed by atoms with E-state index in [0.717, 1.165) is 12.1 Å². The number of sulfonamides is 1. The van der Waals surface area contributed by atoms with Crippen LogP contribution >= 0.6 is 11.6 Å². The molecule has 0 atom stereocenters. The van der Waals surface area contributed by atoms with E-state index < -0.39 is 15.8 Å². The molecule has 0 saturated carbocycles. The summed E-state index contributed by atoms with van der Waals surface area (Å²) >= 11 is 5.71. The summed E-state index contributed by atoms with van der Waals surface area (Å²) in [6.07, 6.45) is 0. The van der Waals surface area contributed by atoms with Crippen molar-refractivity contribution in [3.8, 4) is 0 Å². The quantitative estimate of drug-likeness (QED) is 0.853. The molecule has 7 nitrogen and oxygen atoms in total. The average Bonchev–Trinajstić information content (AvgIpc) is 2.83. The first-order valence-electron chi connectivity index (χ1n) is 4.66. The molecule has 0 spiro atoms. The molecular formula is C8H7ClFN5O2S. The third kappa shape index (κ3) is 2.81. The summed E-state index contributed by atoms with van der Waals surface area (Å²) < 4.78 is 38.9. The zero-order chi connectivity index (χ0) is 13.2. The largest absolute Gasteiger partial charge is 0.242 e. The number of nitrogens with one attached hydrogen (secondary N) is 2. The number of nitrogens with zero attached hydrogens (tertiary/aromatic N) is 3. The van der Waals surface area contributed by atoms with Gasteiger partial charge in [0.2, 0.25) is 10.0 Å². The van der Waals surface area contributed by atoms with Crippen molar-refractivity contribution in [1.29, 1.82) is 0 Å². The first kappa shape index (κ1) is 12.9. The van der Waals surface area contributed by atoms with Crippen LogP contribution in [0.15, 0.2) is 23.1 Å². The molecule has 2 N–H and O–H groups in total. The number of hydrogen-bond acceptors (Lipinski definition) is 5. The maximum atomic E-state index is 13.0. The van der Waals surface area contributed by atoms with Crippen LogP contribution in [0.1, 0.15) is 5.82 Å². The van der Waals surface area contributed by atoms with Crippen LogP contribution in [0, 0.1) is 5.82 Å². The van der Waals surface area contributed by atoms with Gasteiger partial charge in [-0.3, -0.25) is 0 Å². The van der Waals surface area contributed by atoms with Gasteiger partial charge < -0.3 is 0 Å². The second kappa shape index (κ2) is 4.96. The summed E-state index contributed by atoms with van der Waals surface area (Å²) in [6, 6.07) is 3.07. The maximum Gasteiger partial charge on any atom is 0.242 e. The lowest BCUT2D eigenvalue weighted by atomic mass is 10.3. The Morgan fingerprint density at radius 3 is 2.89 bits per heavy atom. The van der Waals surface area contributed by atoms with Gasteiger partial charge >= 0.3 is 0 Å². The Morgan fingerprint density at radius 2 is 2.22 bits per heavy atom. The van der Waals surface area contributed by atoms with Crippen LogP contribution in [0.2, 0.25) is 5.02 Å². The summed E-state index contributed by atoms with van der Waals surface area (Å²) in [5.41, 5.74) is 0. The third-order valence-electron chi connectivity index (χ3n) is 1.99. The van der Waals surface area contributed by atoms with E-state index in [-0.39, 0.29) is 22.3 Å². The van der Waals surface area contributed by atoms with Crippen LogP contribution in [-0.2, 0) is 16.6 Å². The van der Waals surface area contributed by atoms with E-state index in [1.807, 2.05) is 0 Å². The Hall–Kier alpha value is -1.58. The van der Waals surface area contributed by atoms with Crippen LogP contribution < -0.4 is 4.72 Å². The molecule has 0 aliphatic carbocycles. The Balaban J connectivity index is 2.22. The molecule has 18 heavy (non-hydrogen) atoms. The molecule has 1 heterocycles. The number of tetrazole rings is 1. The first-order chi connectivity index (χ1) is 8.49. The van der Waals surface area contributed by atoms with E-state index in [0.29, 0.717) is 0 Å². The number of rotatable bonds is 4. The highest BCUT2D eigenvalue weighted by atomic mass is 35.5. The zero-order valence-electron chi connectivity index (χ0n) is 8.76. The molecular weight excluding hydrogens is 285 g/mol. The van der Waals surface area contributed by atoms with E-state index >= 15 is 0 Å². The zero-order valence-corrected chi connectivity index (χ0v) is 10.3. The topological polar surface area (TPSA) is 101 Å². The minimum atomic E-state index is -3.93. The second-order valence-electron chi connectivity index (χ2n) is 3.23. The molecule has 0 fully saturated rings. The van der Waals surface area contributed by atoms with Gasteiger partial charge in [0, 0.05) is 0 Å². The molecule has 0 bridgehead atoms. The van der Waals surface area contributed by atoms with Crippen molar-refractivity contribution in [3.63, 3.8) is 0 Å². The van der Waals surface area contributed by atoms with E-state index in [1.54, 1.807) is 0 Å². The van der Waals surface area contributed by atoms with Gasteiger partial charge in [-0.25, -0.2) is 17.5 Å². The molecule has 0 amide bonds. The van der Waals surface area contributed by atoms with Crippen molar-refractivity contribution in [2.24, 2.45) is 0 Å². The highest BCUT2D eigenvalue weighted by molar-refractivity contribution is 7.89. The summed E-state index contributed by atoms with van der Waals surface area (Å²) in [6.45, 7) is -0.175. The van der Waals surface area contributed by atoms with E-state index in [9.17, 15) is 12.8 Å². The van der Waals surface area contributed by atoms with Crippen LogP contribution in [0.4, 0.5) is 4.39 Å². The molecule has 2 rings (SSSR count). The van der Waals surface area contributed by atoms with Crippen LogP contribution in [0.25, 0.3) is 0 Å². The number of aromatic amines is 1. The van der Waals surface area contributed by atoms with Crippen molar-refractivity contribution < 1.29 is 12.8 Å². The molecule has 0 aliphatic heterocycles. The highest BCUT2D eigenvalue weighted by Crippen LogP contribution is 2.21. The minimum Gasteiger partial charge on any atom is -0.207 e. The summed E-state index contributed by atoms with van der Waals surface area (Å²) in [4.78, 5) is -0.340. The van der Waals surface area contributed by atoms with Gasteiger partial charge in [-0.2, -0.15) is 5.21 Å². The van der Waals surface area contributed by atoms with Gasteiger partial charge in [-0.05, 0) is 18.2 Å². The van der Waals surface area contributed by atoms with Gasteiger partial charge in [0.1, 0.15) is 10.7 Å². The number of hydrogen-bond donors (Lipinski definition) is 2. The fourth-order valence-electron chi connectivity index (χ4n) is 1.18. The van der Waals surface area contributed by atoms with Crippen molar-refractivity contribution >= 4 is 21.6 Å². The molecule has 1 aromatic carbocycles. The molecule has 1 aromatic heterocycles. The van der Waals surface area contributed by atoms with Gasteiger partial charge in [-0.1, -0.05) is 16.8 Å². The summed E-state index contributed by atoms with van der Waals surface area (Å²) in [7, 11) is -3.93. The van der Waals surface area contributed by atoms with E-state index in [2.05, 4.69) is 25.3 Å². The lowest BCUT2D eigenvalue weighted by Gasteiger charge is -2.06. The number of benzene rings is 1. The molecule has 0 radical (unpaired) electrons. The first-order valence-corrected chi connectivity index (χ1v) is 6.52. The van der Waals surface area contributed by atoms with Crippen molar-refractivity contribution in [2.45, 2.75) is 11.4 Å². The molecule has 0 aliphatic rings. The predicted molar refractivity (Wildman–Crippen MR) is 59.6 cm³/mol. The number of aromatic nitrogens is 4. The number of H-pyrrole nitrogens is 1. The Morgan fingerprint density at radius 1 is 1.44 bits per heavy atom. The van der Waals surface area contributed by atoms with Crippen LogP contribution in [0.3, 0.4) is 0 Å². The molecule has 0 saturated heterocycles. The van der Waals surface area contributed by atoms with Gasteiger partial charge in [0.05, 0.1) is 11.6 Å². The summed E-state index contributed by atoms with van der Waals surface area (Å²) in [5, 5.41) is 12.5. The normalized spacial score (nSPS) is 11.7. The monoisotopic (exact) mass is 291 g/mol. The average molecular weight is 292 g/mol. The second-order valence-corrected chi connectivity index (χ2v) is 5.37. The maximum absolute atomic E-state index is 13.0.